The number of hydrogen-bond acceptors (Lipinski definition) is 8. The SMILES string of the molecule is CO[C@H](C)[C@H]1COC(=O)N1c1ccnc(N[C@@H](C)c2ccc(CN3CCNCC3)cc2)n1. The zero-order chi connectivity index (χ0) is 22.5. The second-order valence-corrected chi connectivity index (χ2v) is 8.33. The van der Waals surface area contributed by atoms with Crippen molar-refractivity contribution in [2.24, 2.45) is 0 Å². The Morgan fingerprint density at radius 1 is 1.22 bits per heavy atom. The van der Waals surface area contributed by atoms with Crippen LogP contribution in [0.5, 0.6) is 0 Å². The van der Waals surface area contributed by atoms with E-state index < -0.39 is 6.09 Å². The first-order chi connectivity index (χ1) is 15.5. The Balaban J connectivity index is 1.41. The van der Waals surface area contributed by atoms with Crippen LogP contribution in [0.3, 0.4) is 0 Å². The van der Waals surface area contributed by atoms with Crippen LogP contribution < -0.4 is 15.5 Å². The molecule has 0 unspecified atom stereocenters. The fraction of sp³-hybridized carbons (Fsp3) is 0.522. The number of carbonyl (C=O) groups is 1. The molecule has 0 spiro atoms. The number of nitrogens with one attached hydrogen (secondary N) is 2. The van der Waals surface area contributed by atoms with Crippen molar-refractivity contribution < 1.29 is 14.3 Å². The summed E-state index contributed by atoms with van der Waals surface area (Å²) in [6.07, 6.45) is 1.05. The molecule has 0 saturated carbocycles. The number of cyclic esters (lactones) is 1. The Bertz CT molecular complexity index is 903. The van der Waals surface area contributed by atoms with Gasteiger partial charge >= 0.3 is 6.09 Å². The summed E-state index contributed by atoms with van der Waals surface area (Å²) in [7, 11) is 1.62. The van der Waals surface area contributed by atoms with Gasteiger partial charge in [0.2, 0.25) is 5.95 Å². The van der Waals surface area contributed by atoms with Crippen molar-refractivity contribution in [3.63, 3.8) is 0 Å². The lowest BCUT2D eigenvalue weighted by atomic mass is 10.1. The molecule has 1 amide bonds. The summed E-state index contributed by atoms with van der Waals surface area (Å²) in [6, 6.07) is 10.2. The first-order valence-corrected chi connectivity index (χ1v) is 11.2. The molecule has 0 aliphatic carbocycles. The summed E-state index contributed by atoms with van der Waals surface area (Å²) < 4.78 is 10.6. The van der Waals surface area contributed by atoms with Crippen molar-refractivity contribution in [2.45, 2.75) is 38.6 Å². The average Bonchev–Trinajstić information content (AvgIpc) is 3.21. The zero-order valence-electron chi connectivity index (χ0n) is 19.0. The summed E-state index contributed by atoms with van der Waals surface area (Å²) in [4.78, 5) is 25.2. The van der Waals surface area contributed by atoms with Crippen LogP contribution in [0.4, 0.5) is 16.6 Å². The van der Waals surface area contributed by atoms with E-state index in [1.54, 1.807) is 19.4 Å². The molecule has 2 aromatic rings. The third kappa shape index (κ3) is 5.17. The highest BCUT2D eigenvalue weighted by Gasteiger charge is 2.39. The number of nitrogens with zero attached hydrogens (tertiary/aromatic N) is 4. The quantitative estimate of drug-likeness (QED) is 0.647. The van der Waals surface area contributed by atoms with E-state index in [0.29, 0.717) is 11.8 Å². The Morgan fingerprint density at radius 3 is 2.69 bits per heavy atom. The molecule has 2 N–H and O–H groups in total. The fourth-order valence-electron chi connectivity index (χ4n) is 4.07. The molecular formula is C23H32N6O3. The summed E-state index contributed by atoms with van der Waals surface area (Å²) >= 11 is 0. The second kappa shape index (κ2) is 10.2. The molecular weight excluding hydrogens is 408 g/mol. The maximum atomic E-state index is 12.3. The molecule has 1 aromatic heterocycles. The monoisotopic (exact) mass is 440 g/mol. The molecule has 4 rings (SSSR count). The van der Waals surface area contributed by atoms with Crippen molar-refractivity contribution in [3.8, 4) is 0 Å². The number of methoxy groups -OCH3 is 1. The van der Waals surface area contributed by atoms with Gasteiger partial charge < -0.3 is 20.1 Å². The van der Waals surface area contributed by atoms with Gasteiger partial charge in [-0.2, -0.15) is 4.98 Å². The third-order valence-electron chi connectivity index (χ3n) is 6.15. The van der Waals surface area contributed by atoms with Crippen molar-refractivity contribution in [2.75, 3.05) is 50.1 Å². The molecule has 3 atom stereocenters. The third-order valence-corrected chi connectivity index (χ3v) is 6.15. The van der Waals surface area contributed by atoms with Crippen LogP contribution in [-0.4, -0.2) is 73.0 Å². The molecule has 1 aromatic carbocycles. The number of rotatable bonds is 8. The van der Waals surface area contributed by atoms with E-state index in [-0.39, 0.29) is 24.8 Å². The molecule has 2 aliphatic rings. The summed E-state index contributed by atoms with van der Waals surface area (Å²) in [5, 5.41) is 6.73. The number of carbonyl (C=O) groups excluding carboxylic acids is 1. The number of anilines is 2. The van der Waals surface area contributed by atoms with Gasteiger partial charge in [0.1, 0.15) is 18.5 Å². The normalized spacial score (nSPS) is 21.3. The molecule has 172 valence electrons. The lowest BCUT2D eigenvalue weighted by Crippen LogP contribution is -2.42. The number of amides is 1. The molecule has 9 nitrogen and oxygen atoms in total. The Hall–Kier alpha value is -2.75. The van der Waals surface area contributed by atoms with Gasteiger partial charge in [-0.3, -0.25) is 9.80 Å². The molecule has 3 heterocycles. The van der Waals surface area contributed by atoms with E-state index in [2.05, 4.69) is 56.7 Å². The molecule has 0 bridgehead atoms. The van der Waals surface area contributed by atoms with E-state index >= 15 is 0 Å². The molecule has 32 heavy (non-hydrogen) atoms. The van der Waals surface area contributed by atoms with Crippen LogP contribution in [0.1, 0.15) is 31.0 Å². The lowest BCUT2D eigenvalue weighted by Gasteiger charge is -2.27. The minimum absolute atomic E-state index is 0.0118. The smallest absolute Gasteiger partial charge is 0.416 e. The van der Waals surface area contributed by atoms with Crippen molar-refractivity contribution in [3.05, 3.63) is 47.7 Å². The summed E-state index contributed by atoms with van der Waals surface area (Å²) in [5.74, 6) is 0.959. The van der Waals surface area contributed by atoms with Crippen LogP contribution >= 0.6 is 0 Å². The first kappa shape index (κ1) is 22.4. The Morgan fingerprint density at radius 2 is 1.97 bits per heavy atom. The molecule has 2 saturated heterocycles. The maximum absolute atomic E-state index is 12.3. The van der Waals surface area contributed by atoms with Gasteiger partial charge in [-0.05, 0) is 31.0 Å². The average molecular weight is 441 g/mol. The predicted molar refractivity (Wildman–Crippen MR) is 123 cm³/mol. The van der Waals surface area contributed by atoms with Crippen LogP contribution in [-0.2, 0) is 16.0 Å². The van der Waals surface area contributed by atoms with Gasteiger partial charge in [0.05, 0.1) is 12.1 Å². The highest BCUT2D eigenvalue weighted by molar-refractivity contribution is 5.89. The minimum Gasteiger partial charge on any atom is -0.447 e. The highest BCUT2D eigenvalue weighted by Crippen LogP contribution is 2.25. The topological polar surface area (TPSA) is 91.9 Å². The van der Waals surface area contributed by atoms with Crippen molar-refractivity contribution >= 4 is 17.9 Å². The van der Waals surface area contributed by atoms with Crippen LogP contribution in [0.2, 0.25) is 0 Å². The summed E-state index contributed by atoms with van der Waals surface area (Å²) in [5.41, 5.74) is 2.46. The number of ether oxygens (including phenoxy) is 2. The molecule has 0 radical (unpaired) electrons. The standard InChI is InChI=1S/C23H32N6O3/c1-16(19-6-4-18(5-7-19)14-28-12-10-24-11-13-28)26-22-25-9-8-21(27-22)29-20(17(2)31-3)15-32-23(29)30/h4-9,16-17,20,24H,10-15H2,1-3H3,(H,25,26,27)/t16-,17+,20+/m0/s1. The van der Waals surface area contributed by atoms with Gasteiger partial charge in [-0.25, -0.2) is 9.78 Å². The van der Waals surface area contributed by atoms with Crippen molar-refractivity contribution in [1.29, 1.82) is 0 Å². The second-order valence-electron chi connectivity index (χ2n) is 8.33. The fourth-order valence-corrected chi connectivity index (χ4v) is 4.07. The minimum atomic E-state index is -0.420. The van der Waals surface area contributed by atoms with E-state index in [1.165, 1.54) is 10.5 Å². The van der Waals surface area contributed by atoms with Gasteiger partial charge in [0, 0.05) is 46.0 Å². The number of hydrogen-bond donors (Lipinski definition) is 2. The maximum Gasteiger partial charge on any atom is 0.416 e. The predicted octanol–water partition coefficient (Wildman–Crippen LogP) is 2.42. The van der Waals surface area contributed by atoms with Gasteiger partial charge in [0.15, 0.2) is 0 Å². The Kier molecular flexibility index (Phi) is 7.19. The lowest BCUT2D eigenvalue weighted by molar-refractivity contribution is 0.0881. The van der Waals surface area contributed by atoms with E-state index in [1.807, 2.05) is 6.92 Å². The first-order valence-electron chi connectivity index (χ1n) is 11.2. The number of aromatic nitrogens is 2. The highest BCUT2D eigenvalue weighted by atomic mass is 16.6. The van der Waals surface area contributed by atoms with Gasteiger partial charge in [-0.15, -0.1) is 0 Å². The Labute approximate surface area is 189 Å². The van der Waals surface area contributed by atoms with E-state index in [0.717, 1.165) is 38.3 Å². The van der Waals surface area contributed by atoms with Crippen LogP contribution in [0.25, 0.3) is 0 Å². The molecule has 2 aliphatic heterocycles. The van der Waals surface area contributed by atoms with Gasteiger partial charge in [0.25, 0.3) is 0 Å². The van der Waals surface area contributed by atoms with Gasteiger partial charge in [-0.1, -0.05) is 24.3 Å². The van der Waals surface area contributed by atoms with Crippen molar-refractivity contribution in [1.82, 2.24) is 20.2 Å². The zero-order valence-corrected chi connectivity index (χ0v) is 19.0. The van der Waals surface area contributed by atoms with E-state index in [9.17, 15) is 4.79 Å². The number of benzene rings is 1. The number of piperazine rings is 1. The largest absolute Gasteiger partial charge is 0.447 e. The molecule has 2 fully saturated rings. The van der Waals surface area contributed by atoms with Crippen LogP contribution in [0.15, 0.2) is 36.5 Å². The molecule has 9 heteroatoms. The van der Waals surface area contributed by atoms with E-state index in [4.69, 9.17) is 9.47 Å². The van der Waals surface area contributed by atoms with Crippen LogP contribution in [0, 0.1) is 0 Å². The summed E-state index contributed by atoms with van der Waals surface area (Å²) in [6.45, 7) is 9.51.